The highest BCUT2D eigenvalue weighted by Crippen LogP contribution is 2.53. The van der Waals surface area contributed by atoms with E-state index < -0.39 is 0 Å². The van der Waals surface area contributed by atoms with Gasteiger partial charge in [0.2, 0.25) is 0 Å². The molecule has 7 nitrogen and oxygen atoms in total. The number of hydrogen-bond acceptors (Lipinski definition) is 4. The van der Waals surface area contributed by atoms with E-state index in [1.54, 1.807) is 0 Å². The first-order chi connectivity index (χ1) is 28.3. The first-order valence-corrected chi connectivity index (χ1v) is 19.5. The number of aromatic nitrogens is 7. The zero-order chi connectivity index (χ0) is 36.9. The molecule has 14 rings (SSSR count). The highest BCUT2D eigenvalue weighted by atomic mass is 15.2. The third-order valence-corrected chi connectivity index (χ3v) is 12.7. The maximum Gasteiger partial charge on any atom is 0.252 e. The molecule has 262 valence electrons. The van der Waals surface area contributed by atoms with Crippen molar-refractivity contribution in [1.82, 2.24) is 33.6 Å². The van der Waals surface area contributed by atoms with Crippen molar-refractivity contribution in [2.24, 2.45) is 0 Å². The fourth-order valence-electron chi connectivity index (χ4n) is 10.6. The van der Waals surface area contributed by atoms with E-state index in [1.807, 2.05) is 36.9 Å². The molecule has 1 aliphatic carbocycles. The molecule has 0 radical (unpaired) electrons. The molecule has 0 amide bonds. The van der Waals surface area contributed by atoms with Crippen LogP contribution in [0.15, 0.2) is 164 Å². The molecule has 3 aliphatic rings. The number of pyridine rings is 4. The van der Waals surface area contributed by atoms with Crippen LogP contribution in [0.3, 0.4) is 0 Å². The Morgan fingerprint density at radius 1 is 0.526 bits per heavy atom. The van der Waals surface area contributed by atoms with Crippen molar-refractivity contribution >= 4 is 67.2 Å². The van der Waals surface area contributed by atoms with E-state index in [0.29, 0.717) is 0 Å². The molecule has 7 aromatic heterocycles. The third kappa shape index (κ3) is 3.59. The smallest absolute Gasteiger partial charge is 0.252 e. The first kappa shape index (κ1) is 29.7. The second-order valence-corrected chi connectivity index (χ2v) is 15.4. The van der Waals surface area contributed by atoms with E-state index in [0.717, 1.165) is 66.9 Å². The highest BCUT2D eigenvalue weighted by molar-refractivity contribution is 7.00. The predicted octanol–water partition coefficient (Wildman–Crippen LogP) is 8.22. The molecule has 0 fully saturated rings. The van der Waals surface area contributed by atoms with Gasteiger partial charge in [-0.1, -0.05) is 78.9 Å². The average Bonchev–Trinajstić information content (AvgIpc) is 4.00. The van der Waals surface area contributed by atoms with Crippen molar-refractivity contribution in [3.8, 4) is 39.4 Å². The lowest BCUT2D eigenvalue weighted by molar-refractivity contribution is 0.903. The minimum Gasteiger partial charge on any atom is -0.311 e. The minimum absolute atomic E-state index is 0.0295. The third-order valence-electron chi connectivity index (χ3n) is 12.7. The molecule has 11 aromatic rings. The lowest BCUT2D eigenvalue weighted by Crippen LogP contribution is -2.59. The van der Waals surface area contributed by atoms with Crippen molar-refractivity contribution in [1.29, 1.82) is 0 Å². The minimum atomic E-state index is -0.0485. The summed E-state index contributed by atoms with van der Waals surface area (Å²) in [6.07, 6.45) is 7.81. The molecular weight excluding hydrogens is 697 g/mol. The van der Waals surface area contributed by atoms with Gasteiger partial charge < -0.3 is 4.57 Å². The molecule has 4 aromatic carbocycles. The van der Waals surface area contributed by atoms with E-state index in [-0.39, 0.29) is 12.6 Å². The topological polar surface area (TPSA) is 66.3 Å². The Morgan fingerprint density at radius 3 is 2.02 bits per heavy atom. The number of benzene rings is 4. The normalized spacial score (nSPS) is 14.5. The van der Waals surface area contributed by atoms with Crippen LogP contribution in [0.4, 0.5) is 0 Å². The fraction of sp³-hybridized carbons (Fsp3) is 0.0204. The maximum absolute atomic E-state index is 5.24. The summed E-state index contributed by atoms with van der Waals surface area (Å²) >= 11 is 0. The van der Waals surface area contributed by atoms with Crippen LogP contribution in [0.25, 0.3) is 83.6 Å². The van der Waals surface area contributed by atoms with Crippen LogP contribution in [-0.2, 0) is 0 Å². The van der Waals surface area contributed by atoms with Crippen molar-refractivity contribution in [2.75, 3.05) is 0 Å². The van der Waals surface area contributed by atoms with Gasteiger partial charge in [-0.25, -0.2) is 0 Å². The summed E-state index contributed by atoms with van der Waals surface area (Å²) in [5.74, 6) is 0.0295. The van der Waals surface area contributed by atoms with Crippen LogP contribution in [0.5, 0.6) is 0 Å². The molecule has 2 aliphatic heterocycles. The summed E-state index contributed by atoms with van der Waals surface area (Å²) in [5, 5.41) is 1.06. The van der Waals surface area contributed by atoms with Gasteiger partial charge in [0.05, 0.1) is 44.6 Å². The quantitative estimate of drug-likeness (QED) is 0.172. The molecule has 1 atom stereocenters. The zero-order valence-corrected chi connectivity index (χ0v) is 30.4. The lowest BCUT2D eigenvalue weighted by Gasteiger charge is -2.34. The number of para-hydroxylation sites is 1. The number of hydrogen-bond donors (Lipinski definition) is 0. The van der Waals surface area contributed by atoms with Gasteiger partial charge in [0.1, 0.15) is 11.2 Å². The van der Waals surface area contributed by atoms with Gasteiger partial charge in [0.25, 0.3) is 6.71 Å². The lowest BCUT2D eigenvalue weighted by atomic mass is 9.34. The Morgan fingerprint density at radius 2 is 1.21 bits per heavy atom. The monoisotopic (exact) mass is 725 g/mol. The second kappa shape index (κ2) is 10.6. The average molecular weight is 726 g/mol. The largest absolute Gasteiger partial charge is 0.311 e. The molecule has 0 bridgehead atoms. The van der Waals surface area contributed by atoms with Crippen molar-refractivity contribution in [3.05, 3.63) is 181 Å². The van der Waals surface area contributed by atoms with Crippen LogP contribution in [0.1, 0.15) is 22.7 Å². The Bertz CT molecular complexity index is 3530. The number of nitrogens with zero attached hydrogens (tertiary/aromatic N) is 7. The fourth-order valence-corrected chi connectivity index (χ4v) is 10.6. The van der Waals surface area contributed by atoms with E-state index in [4.69, 9.17) is 19.9 Å². The molecule has 1 unspecified atom stereocenters. The molecule has 8 heteroatoms. The maximum atomic E-state index is 5.24. The molecule has 57 heavy (non-hydrogen) atoms. The number of rotatable bonds is 3. The van der Waals surface area contributed by atoms with Gasteiger partial charge in [0.15, 0.2) is 0 Å². The van der Waals surface area contributed by atoms with Crippen LogP contribution in [0, 0.1) is 0 Å². The summed E-state index contributed by atoms with van der Waals surface area (Å²) in [6, 6.07) is 50.2. The van der Waals surface area contributed by atoms with E-state index >= 15 is 0 Å². The highest BCUT2D eigenvalue weighted by Gasteiger charge is 2.46. The Balaban J connectivity index is 1.20. The molecular formula is C49H28BN7. The van der Waals surface area contributed by atoms with Crippen LogP contribution < -0.4 is 16.4 Å². The summed E-state index contributed by atoms with van der Waals surface area (Å²) in [4.78, 5) is 20.4. The van der Waals surface area contributed by atoms with Crippen molar-refractivity contribution in [3.63, 3.8) is 0 Å². The van der Waals surface area contributed by atoms with Crippen LogP contribution >= 0.6 is 0 Å². The van der Waals surface area contributed by atoms with Gasteiger partial charge in [0, 0.05) is 58.7 Å². The van der Waals surface area contributed by atoms with Gasteiger partial charge >= 0.3 is 0 Å². The molecule has 0 N–H and O–H groups in total. The summed E-state index contributed by atoms with van der Waals surface area (Å²) in [5.41, 5.74) is 22.8. The Hall–Kier alpha value is -7.58. The van der Waals surface area contributed by atoms with E-state index in [9.17, 15) is 0 Å². The Labute approximate surface area is 326 Å². The second-order valence-electron chi connectivity index (χ2n) is 15.4. The zero-order valence-electron chi connectivity index (χ0n) is 30.4. The standard InChI is InChI=1S/C49H28BN7/c1-3-12-28(13-4-1)39-31-16-7-8-17-32(31)40-44-46-33(20-24-53-44)50-34-21-25-54-45-41-43-36(19-11-23-52-43)55(30-14-5-2-6-15-30)49(41)57(47(34)45)38-27-29(35-18-9-10-22-51-35)26-37(42(38)50)56(46)48(39)40/h1-27,39H. The number of fused-ring (bicyclic) bond motifs is 14. The van der Waals surface area contributed by atoms with Gasteiger partial charge in [-0.2, -0.15) is 0 Å². The molecule has 0 saturated heterocycles. The van der Waals surface area contributed by atoms with Gasteiger partial charge in [-0.3, -0.25) is 29.1 Å². The summed E-state index contributed by atoms with van der Waals surface area (Å²) in [7, 11) is 0. The summed E-state index contributed by atoms with van der Waals surface area (Å²) < 4.78 is 7.43. The van der Waals surface area contributed by atoms with Crippen LogP contribution in [0.2, 0.25) is 0 Å². The van der Waals surface area contributed by atoms with E-state index in [2.05, 4.69) is 141 Å². The summed E-state index contributed by atoms with van der Waals surface area (Å²) in [6.45, 7) is -0.0485. The van der Waals surface area contributed by atoms with Crippen molar-refractivity contribution < 1.29 is 0 Å². The van der Waals surface area contributed by atoms with Crippen molar-refractivity contribution in [2.45, 2.75) is 5.92 Å². The van der Waals surface area contributed by atoms with E-state index in [1.165, 1.54) is 49.9 Å². The van der Waals surface area contributed by atoms with Crippen LogP contribution in [-0.4, -0.2) is 40.3 Å². The molecule has 9 heterocycles. The van der Waals surface area contributed by atoms with Gasteiger partial charge in [-0.15, -0.1) is 0 Å². The van der Waals surface area contributed by atoms with Gasteiger partial charge in [-0.05, 0) is 93.7 Å². The Kier molecular flexibility index (Phi) is 5.52. The molecule has 0 saturated carbocycles. The SMILES string of the molecule is c1ccc(C2c3ccccc3-c3c2n2c4c(ccnc34)B3c4c-2cc(-c2ccccn2)cc4-n2c4c3ccnc4c3c4ncccc4n(-c4ccccc4)c32)cc1. The predicted molar refractivity (Wildman–Crippen MR) is 229 cm³/mol. The first-order valence-electron chi connectivity index (χ1n) is 19.5. The molecule has 0 spiro atoms.